The topological polar surface area (TPSA) is 178 Å². The minimum absolute atomic E-state index is 0.00924. The zero-order chi connectivity index (χ0) is 55.1. The van der Waals surface area contributed by atoms with Crippen molar-refractivity contribution in [3.8, 4) is 21.1 Å². The molecule has 2 aliphatic heterocycles. The molecule has 2 atom stereocenters. The number of nitrogens with zero attached hydrogens (tertiary/aromatic N) is 5. The van der Waals surface area contributed by atoms with Crippen LogP contribution < -0.4 is 21.3 Å². The van der Waals surface area contributed by atoms with Gasteiger partial charge in [-0.2, -0.15) is 0 Å². The second-order valence-electron chi connectivity index (χ2n) is 20.0. The van der Waals surface area contributed by atoms with Gasteiger partial charge in [-0.3, -0.25) is 24.1 Å². The number of ether oxygens (including phenoxy) is 1. The van der Waals surface area contributed by atoms with E-state index in [1.807, 2.05) is 71.0 Å². The number of amides is 5. The number of hydrogen-bond acceptors (Lipinski definition) is 14. The number of carbonyl (C=O) groups excluding carboxylic acids is 5. The number of thiazole rings is 2. The average molecular weight is 1180 g/mol. The van der Waals surface area contributed by atoms with Gasteiger partial charge in [0.25, 0.3) is 0 Å². The number of benzene rings is 2. The highest BCUT2D eigenvalue weighted by atomic mass is 79.9. The standard InChI is InChI=1S/C26H34N4O2S2.C23H28N4O2S2.C7H14BrNO2/c1-5-13-29-14-11-19-22(16-29)34-26(24(19)25-27-20-9-7-8-10-21(20)33-25)28-23(32)12-15-30(18(4)31)17(3)6-2;1-4-14(2)27(15(3)28)12-10-20(29)26-23-21(16-9-11-24-13-19(16)31-23)22-25-17-7-5-6-8-18(17)30-22;1-7(2,3)11-6(10)9-5-4-8/h7-10,17H,5-6,11-16H2,1-4H3,(H,28,32);5-8,14,24H,4,9-13H2,1-3H3,(H,26,29);4-5H2,1-3H3,(H,9,10). The van der Waals surface area contributed by atoms with Crippen LogP contribution in [0.3, 0.4) is 0 Å². The Morgan fingerprint density at radius 3 is 1.71 bits per heavy atom. The molecule has 0 fully saturated rings. The first-order valence-electron chi connectivity index (χ1n) is 26.4. The van der Waals surface area contributed by atoms with Crippen molar-refractivity contribution in [3.63, 3.8) is 0 Å². The maximum absolute atomic E-state index is 13.0. The number of hydrogen-bond donors (Lipinski definition) is 4. The van der Waals surface area contributed by atoms with Crippen LogP contribution in [-0.2, 0) is 49.8 Å². The van der Waals surface area contributed by atoms with Gasteiger partial charge < -0.3 is 35.8 Å². The lowest BCUT2D eigenvalue weighted by Crippen LogP contribution is -2.38. The molecule has 20 heteroatoms. The van der Waals surface area contributed by atoms with Crippen molar-refractivity contribution < 1.29 is 28.7 Å². The van der Waals surface area contributed by atoms with E-state index in [1.165, 1.54) is 20.9 Å². The zero-order valence-electron chi connectivity index (χ0n) is 45.8. The van der Waals surface area contributed by atoms with Crippen molar-refractivity contribution in [3.05, 3.63) is 69.4 Å². The molecule has 15 nitrogen and oxygen atoms in total. The second-order valence-corrected chi connectivity index (χ2v) is 25.1. The molecule has 5 amide bonds. The molecule has 4 aromatic heterocycles. The van der Waals surface area contributed by atoms with Crippen LogP contribution in [0.5, 0.6) is 0 Å². The number of thiophene rings is 2. The molecule has 2 aromatic carbocycles. The summed E-state index contributed by atoms with van der Waals surface area (Å²) in [6.45, 7) is 25.3. The lowest BCUT2D eigenvalue weighted by Gasteiger charge is -2.27. The molecule has 0 radical (unpaired) electrons. The quantitative estimate of drug-likeness (QED) is 0.0606. The first-order chi connectivity index (χ1) is 36.3. The summed E-state index contributed by atoms with van der Waals surface area (Å²) < 4.78 is 7.27. The Morgan fingerprint density at radius 1 is 0.750 bits per heavy atom. The second kappa shape index (κ2) is 28.7. The van der Waals surface area contributed by atoms with Gasteiger partial charge in [-0.1, -0.05) is 61.0 Å². The molecule has 76 heavy (non-hydrogen) atoms. The first-order valence-corrected chi connectivity index (χ1v) is 30.8. The van der Waals surface area contributed by atoms with Gasteiger partial charge in [0.05, 0.1) is 20.4 Å². The fraction of sp³-hybridized carbons (Fsp3) is 0.518. The van der Waals surface area contributed by atoms with Crippen molar-refractivity contribution in [1.82, 2.24) is 35.3 Å². The van der Waals surface area contributed by atoms with Crippen LogP contribution >= 0.6 is 61.3 Å². The maximum atomic E-state index is 13.0. The molecule has 2 unspecified atom stereocenters. The molecule has 4 N–H and O–H groups in total. The van der Waals surface area contributed by atoms with Crippen LogP contribution in [-0.4, -0.2) is 117 Å². The van der Waals surface area contributed by atoms with E-state index >= 15 is 0 Å². The smallest absolute Gasteiger partial charge is 0.407 e. The highest BCUT2D eigenvalue weighted by Crippen LogP contribution is 2.47. The molecular formula is C56H76BrN9O6S4. The number of alkyl carbamates (subject to hydrolysis) is 1. The Kier molecular flexibility index (Phi) is 22.8. The molecule has 6 aromatic rings. The fourth-order valence-electron chi connectivity index (χ4n) is 8.99. The molecule has 0 saturated carbocycles. The van der Waals surface area contributed by atoms with Crippen LogP contribution in [0.4, 0.5) is 14.8 Å². The van der Waals surface area contributed by atoms with Crippen LogP contribution in [0.1, 0.15) is 122 Å². The van der Waals surface area contributed by atoms with Crippen molar-refractivity contribution in [2.24, 2.45) is 0 Å². The summed E-state index contributed by atoms with van der Waals surface area (Å²) in [6.07, 6.45) is 4.98. The third kappa shape index (κ3) is 16.6. The summed E-state index contributed by atoms with van der Waals surface area (Å²) in [6, 6.07) is 16.6. The number of nitrogens with one attached hydrogen (secondary N) is 4. The Bertz CT molecular complexity index is 2860. The van der Waals surface area contributed by atoms with Gasteiger partial charge in [0, 0.05) is 104 Å². The summed E-state index contributed by atoms with van der Waals surface area (Å²) in [7, 11) is 0. The first kappa shape index (κ1) is 60.4. The Balaban J connectivity index is 0.000000207. The predicted octanol–water partition coefficient (Wildman–Crippen LogP) is 12.3. The van der Waals surface area contributed by atoms with E-state index in [2.05, 4.69) is 75.0 Å². The van der Waals surface area contributed by atoms with Gasteiger partial charge >= 0.3 is 6.09 Å². The zero-order valence-corrected chi connectivity index (χ0v) is 50.6. The van der Waals surface area contributed by atoms with Crippen LogP contribution in [0.2, 0.25) is 0 Å². The third-order valence-corrected chi connectivity index (χ3v) is 17.9. The van der Waals surface area contributed by atoms with Gasteiger partial charge in [0.15, 0.2) is 0 Å². The third-order valence-electron chi connectivity index (χ3n) is 13.1. The minimum Gasteiger partial charge on any atom is -0.444 e. The fourth-order valence-corrected chi connectivity index (χ4v) is 13.9. The number of fused-ring (bicyclic) bond motifs is 4. The lowest BCUT2D eigenvalue weighted by molar-refractivity contribution is -0.132. The Morgan fingerprint density at radius 2 is 1.25 bits per heavy atom. The largest absolute Gasteiger partial charge is 0.444 e. The van der Waals surface area contributed by atoms with Crippen molar-refractivity contribution >= 4 is 121 Å². The predicted molar refractivity (Wildman–Crippen MR) is 319 cm³/mol. The van der Waals surface area contributed by atoms with E-state index in [9.17, 15) is 24.0 Å². The number of para-hydroxylation sites is 2. The number of rotatable bonds is 18. The minimum atomic E-state index is -0.406. The SMILES string of the molecule is CC(C)(C)OC(=O)NCCBr.CCC(C)N(CCC(=O)Nc1sc2c(c1-c1nc3ccccc3s1)CCNC2)C(C)=O.CCCN1CCc2c(sc(NC(=O)CCN(C(C)=O)C(C)CC)c2-c2nc3ccccc3s2)C1. The van der Waals surface area contributed by atoms with E-state index in [-0.39, 0.29) is 54.6 Å². The molecule has 0 aliphatic carbocycles. The van der Waals surface area contributed by atoms with Gasteiger partial charge in [-0.25, -0.2) is 14.8 Å². The normalized spacial score (nSPS) is 14.0. The molecule has 0 bridgehead atoms. The van der Waals surface area contributed by atoms with Crippen molar-refractivity contribution in [2.45, 2.75) is 145 Å². The molecule has 8 rings (SSSR count). The Labute approximate surface area is 473 Å². The molecule has 0 saturated heterocycles. The van der Waals surface area contributed by atoms with Gasteiger partial charge in [0.1, 0.15) is 25.6 Å². The Hall–Kier alpha value is -4.83. The van der Waals surface area contributed by atoms with Crippen LogP contribution in [0, 0.1) is 0 Å². The molecular weight excluding hydrogens is 1100 g/mol. The van der Waals surface area contributed by atoms with Gasteiger partial charge in [0.2, 0.25) is 23.6 Å². The van der Waals surface area contributed by atoms with E-state index in [0.717, 1.165) is 122 Å². The average Bonchev–Trinajstić information content (AvgIpc) is 4.17. The summed E-state index contributed by atoms with van der Waals surface area (Å²) in [5.41, 5.74) is 6.36. The van der Waals surface area contributed by atoms with Crippen LogP contribution in [0.25, 0.3) is 41.6 Å². The van der Waals surface area contributed by atoms with E-state index < -0.39 is 5.60 Å². The van der Waals surface area contributed by atoms with E-state index in [0.29, 0.717) is 19.6 Å². The molecule has 0 spiro atoms. The summed E-state index contributed by atoms with van der Waals surface area (Å²) in [5, 5.41) is 16.8. The molecule has 2 aliphatic rings. The summed E-state index contributed by atoms with van der Waals surface area (Å²) >= 11 is 9.87. The highest BCUT2D eigenvalue weighted by molar-refractivity contribution is 9.09. The van der Waals surface area contributed by atoms with Gasteiger partial charge in [-0.05, 0) is 115 Å². The number of halogens is 1. The van der Waals surface area contributed by atoms with E-state index in [4.69, 9.17) is 14.7 Å². The maximum Gasteiger partial charge on any atom is 0.407 e. The van der Waals surface area contributed by atoms with Crippen LogP contribution in [0.15, 0.2) is 48.5 Å². The number of aromatic nitrogens is 2. The number of carbonyl (C=O) groups is 5. The van der Waals surface area contributed by atoms with Gasteiger partial charge in [-0.15, -0.1) is 45.3 Å². The number of anilines is 2. The van der Waals surface area contributed by atoms with E-state index in [1.54, 1.807) is 69.0 Å². The van der Waals surface area contributed by atoms with Crippen molar-refractivity contribution in [2.75, 3.05) is 55.2 Å². The van der Waals surface area contributed by atoms with Crippen molar-refractivity contribution in [1.29, 1.82) is 0 Å². The summed E-state index contributed by atoms with van der Waals surface area (Å²) in [4.78, 5) is 79.2. The monoisotopic (exact) mass is 1180 g/mol. The molecule has 412 valence electrons. The lowest BCUT2D eigenvalue weighted by atomic mass is 10.0. The summed E-state index contributed by atoms with van der Waals surface area (Å²) in [5.74, 6) is -0.0979. The highest BCUT2D eigenvalue weighted by Gasteiger charge is 2.29. The molecule has 6 heterocycles. The number of alkyl halides is 1.